The lowest BCUT2D eigenvalue weighted by Gasteiger charge is -2.28. The maximum atomic E-state index is 13.2. The second-order valence-electron chi connectivity index (χ2n) is 5.85. The molecule has 0 aliphatic rings. The fourth-order valence-electron chi connectivity index (χ4n) is 2.57. The van der Waals surface area contributed by atoms with E-state index in [-0.39, 0.29) is 23.6 Å². The van der Waals surface area contributed by atoms with E-state index in [0.29, 0.717) is 5.75 Å². The van der Waals surface area contributed by atoms with Crippen molar-refractivity contribution >= 4 is 33.4 Å². The van der Waals surface area contributed by atoms with Gasteiger partial charge in [-0.2, -0.15) is 4.31 Å². The molecule has 0 saturated carbocycles. The Morgan fingerprint density at radius 2 is 1.77 bits per heavy atom. The van der Waals surface area contributed by atoms with E-state index in [1.54, 1.807) is 19.1 Å². The van der Waals surface area contributed by atoms with Gasteiger partial charge in [0, 0.05) is 24.4 Å². The van der Waals surface area contributed by atoms with Gasteiger partial charge in [0.15, 0.2) is 5.78 Å². The maximum absolute atomic E-state index is 13.2. The highest BCUT2D eigenvalue weighted by atomic mass is 32.2. The Morgan fingerprint density at radius 3 is 2.31 bits per heavy atom. The Hall–Kier alpha value is -2.09. The highest BCUT2D eigenvalue weighted by molar-refractivity contribution is 7.89. The van der Waals surface area contributed by atoms with E-state index in [0.717, 1.165) is 10.9 Å². The summed E-state index contributed by atoms with van der Waals surface area (Å²) in [7, 11) is -2.28. The van der Waals surface area contributed by atoms with Crippen LogP contribution in [0, 0.1) is 0 Å². The van der Waals surface area contributed by atoms with Gasteiger partial charge in [-0.3, -0.25) is 4.79 Å². The average Bonchev–Trinajstić information content (AvgIpc) is 2.66. The Kier molecular flexibility index (Phi) is 7.02. The zero-order chi connectivity index (χ0) is 19.2. The van der Waals surface area contributed by atoms with E-state index in [1.807, 2.05) is 30.3 Å². The zero-order valence-electron chi connectivity index (χ0n) is 14.7. The van der Waals surface area contributed by atoms with Crippen LogP contribution in [0.1, 0.15) is 18.9 Å². The molecule has 5 nitrogen and oxygen atoms in total. The lowest BCUT2D eigenvalue weighted by atomic mass is 10.1. The van der Waals surface area contributed by atoms with Crippen molar-refractivity contribution in [3.05, 3.63) is 60.2 Å². The number of benzene rings is 2. The average molecular weight is 392 g/mol. The van der Waals surface area contributed by atoms with Crippen LogP contribution in [0.25, 0.3) is 0 Å². The SMILES string of the molecule is COc1ccc(S(=O)(=O)N(Cc2ccccc2)C(C)CC(=O)C=S)cc1. The highest BCUT2D eigenvalue weighted by Gasteiger charge is 2.30. The molecule has 1 unspecified atom stereocenters. The number of sulfonamides is 1. The van der Waals surface area contributed by atoms with Crippen molar-refractivity contribution in [2.24, 2.45) is 0 Å². The van der Waals surface area contributed by atoms with Crippen molar-refractivity contribution in [3.8, 4) is 5.75 Å². The van der Waals surface area contributed by atoms with E-state index in [4.69, 9.17) is 4.74 Å². The number of Topliss-reactive ketones (excluding diaryl/α,β-unsaturated/α-hetero) is 1. The number of hydrogen-bond acceptors (Lipinski definition) is 5. The number of carbonyl (C=O) groups excluding carboxylic acids is 1. The van der Waals surface area contributed by atoms with Crippen LogP contribution in [0.2, 0.25) is 0 Å². The fraction of sp³-hybridized carbons (Fsp3) is 0.263. The third kappa shape index (κ3) is 4.97. The van der Waals surface area contributed by atoms with Gasteiger partial charge in [0.2, 0.25) is 10.0 Å². The Balaban J connectivity index is 2.39. The van der Waals surface area contributed by atoms with Crippen molar-refractivity contribution in [3.63, 3.8) is 0 Å². The minimum absolute atomic E-state index is 0.0335. The first-order valence-electron chi connectivity index (χ1n) is 8.06. The molecule has 1 atom stereocenters. The Labute approximate surface area is 159 Å². The highest BCUT2D eigenvalue weighted by Crippen LogP contribution is 2.24. The number of ether oxygens (including phenoxy) is 1. The van der Waals surface area contributed by atoms with E-state index < -0.39 is 16.1 Å². The quantitative estimate of drug-likeness (QED) is 0.614. The molecule has 0 N–H and O–H groups in total. The van der Waals surface area contributed by atoms with Crippen LogP contribution in [0.15, 0.2) is 59.5 Å². The van der Waals surface area contributed by atoms with Crippen LogP contribution in [0.4, 0.5) is 0 Å². The molecule has 0 amide bonds. The normalized spacial score (nSPS) is 12.6. The molecule has 0 radical (unpaired) electrons. The van der Waals surface area contributed by atoms with Gasteiger partial charge in [-0.15, -0.1) is 0 Å². The molecular formula is C19H21NO4S2. The summed E-state index contributed by atoms with van der Waals surface area (Å²) in [5.41, 5.74) is 0.839. The molecule has 0 fully saturated rings. The van der Waals surface area contributed by atoms with E-state index in [2.05, 4.69) is 12.2 Å². The lowest BCUT2D eigenvalue weighted by molar-refractivity contribution is -0.113. The molecule has 2 rings (SSSR count). The summed E-state index contributed by atoms with van der Waals surface area (Å²) in [6.45, 7) is 1.88. The molecule has 0 heterocycles. The molecular weight excluding hydrogens is 370 g/mol. The summed E-state index contributed by atoms with van der Waals surface area (Å²) in [5.74, 6) is 0.304. The number of nitrogens with zero attached hydrogens (tertiary/aromatic N) is 1. The van der Waals surface area contributed by atoms with Crippen molar-refractivity contribution in [2.45, 2.75) is 30.8 Å². The second kappa shape index (κ2) is 9.02. The monoisotopic (exact) mass is 391 g/mol. The van der Waals surface area contributed by atoms with Crippen LogP contribution in [0.3, 0.4) is 0 Å². The second-order valence-corrected chi connectivity index (χ2v) is 7.97. The minimum atomic E-state index is -3.80. The molecule has 0 saturated heterocycles. The Bertz CT molecular complexity index is 849. The van der Waals surface area contributed by atoms with Crippen LogP contribution >= 0.6 is 12.2 Å². The van der Waals surface area contributed by atoms with Crippen molar-refractivity contribution in [1.29, 1.82) is 0 Å². The number of rotatable bonds is 9. The number of hydrogen-bond donors (Lipinski definition) is 0. The molecule has 2 aromatic rings. The first-order valence-corrected chi connectivity index (χ1v) is 9.97. The van der Waals surface area contributed by atoms with E-state index >= 15 is 0 Å². The summed E-state index contributed by atoms with van der Waals surface area (Å²) < 4.78 is 32.8. The van der Waals surface area contributed by atoms with Crippen LogP contribution in [0.5, 0.6) is 5.75 Å². The van der Waals surface area contributed by atoms with Crippen LogP contribution < -0.4 is 4.74 Å². The maximum Gasteiger partial charge on any atom is 0.243 e. The lowest BCUT2D eigenvalue weighted by Crippen LogP contribution is -2.39. The summed E-state index contributed by atoms with van der Waals surface area (Å²) in [5, 5.41) is 1.05. The van der Waals surface area contributed by atoms with Gasteiger partial charge in [-0.05, 0) is 36.8 Å². The third-order valence-electron chi connectivity index (χ3n) is 3.97. The summed E-state index contributed by atoms with van der Waals surface area (Å²) >= 11 is 4.67. The van der Waals surface area contributed by atoms with Gasteiger partial charge in [0.1, 0.15) is 5.75 Å². The largest absolute Gasteiger partial charge is 0.497 e. The van der Waals surface area contributed by atoms with E-state index in [9.17, 15) is 13.2 Å². The molecule has 0 bridgehead atoms. The number of ketones is 1. The van der Waals surface area contributed by atoms with Gasteiger partial charge < -0.3 is 4.74 Å². The number of thiocarbonyl (C=S) groups is 1. The topological polar surface area (TPSA) is 63.7 Å². The number of methoxy groups -OCH3 is 1. The smallest absolute Gasteiger partial charge is 0.243 e. The van der Waals surface area contributed by atoms with Gasteiger partial charge in [0.25, 0.3) is 0 Å². The fourth-order valence-corrected chi connectivity index (χ4v) is 4.28. The molecule has 7 heteroatoms. The predicted molar refractivity (Wildman–Crippen MR) is 105 cm³/mol. The number of carbonyl (C=O) groups is 1. The first kappa shape index (κ1) is 20.2. The van der Waals surface area contributed by atoms with Gasteiger partial charge in [-0.25, -0.2) is 8.42 Å². The standard InChI is InChI=1S/C19H21NO4S2/c1-15(12-17(21)14-25)20(13-16-6-4-3-5-7-16)26(22,23)19-10-8-18(24-2)9-11-19/h3-11,14-15H,12-13H2,1-2H3. The van der Waals surface area contributed by atoms with Crippen molar-refractivity contribution < 1.29 is 17.9 Å². The van der Waals surface area contributed by atoms with E-state index in [1.165, 1.54) is 23.5 Å². The molecule has 0 aromatic heterocycles. The van der Waals surface area contributed by atoms with Crippen molar-refractivity contribution in [1.82, 2.24) is 4.31 Å². The van der Waals surface area contributed by atoms with Crippen molar-refractivity contribution in [2.75, 3.05) is 7.11 Å². The first-order chi connectivity index (χ1) is 12.4. The molecule has 0 aliphatic carbocycles. The minimum Gasteiger partial charge on any atom is -0.497 e. The van der Waals surface area contributed by atoms with Gasteiger partial charge in [0.05, 0.1) is 12.0 Å². The van der Waals surface area contributed by atoms with Gasteiger partial charge >= 0.3 is 0 Å². The molecule has 0 aliphatic heterocycles. The van der Waals surface area contributed by atoms with Gasteiger partial charge in [-0.1, -0.05) is 42.5 Å². The third-order valence-corrected chi connectivity index (χ3v) is 6.20. The molecule has 26 heavy (non-hydrogen) atoms. The predicted octanol–water partition coefficient (Wildman–Crippen LogP) is 3.23. The molecule has 138 valence electrons. The summed E-state index contributed by atoms with van der Waals surface area (Å²) in [4.78, 5) is 11.9. The zero-order valence-corrected chi connectivity index (χ0v) is 16.3. The summed E-state index contributed by atoms with van der Waals surface area (Å²) in [6.07, 6.45) is 0.0335. The van der Waals surface area contributed by atoms with Crippen LogP contribution in [-0.2, 0) is 21.4 Å². The molecule has 2 aromatic carbocycles. The summed E-state index contributed by atoms with van der Waals surface area (Å²) in [6, 6.07) is 14.9. The van der Waals surface area contributed by atoms with Crippen LogP contribution in [-0.4, -0.2) is 37.0 Å². The molecule has 0 spiro atoms. The Morgan fingerprint density at radius 1 is 1.15 bits per heavy atom.